The van der Waals surface area contributed by atoms with Crippen LogP contribution < -0.4 is 0 Å². The normalized spacial score (nSPS) is 14.3. The van der Waals surface area contributed by atoms with Gasteiger partial charge in [0.05, 0.1) is 29.5 Å². The van der Waals surface area contributed by atoms with Crippen molar-refractivity contribution < 1.29 is 9.84 Å². The van der Waals surface area contributed by atoms with Crippen LogP contribution in [0.5, 0.6) is 5.88 Å². The highest BCUT2D eigenvalue weighted by Crippen LogP contribution is 2.36. The van der Waals surface area contributed by atoms with Crippen LogP contribution in [0.2, 0.25) is 0 Å². The number of fused-ring (bicyclic) bond motifs is 2. The van der Waals surface area contributed by atoms with E-state index in [1.807, 2.05) is 12.1 Å². The molecule has 26 heavy (non-hydrogen) atoms. The molecule has 3 heterocycles. The van der Waals surface area contributed by atoms with Crippen LogP contribution in [0.25, 0.3) is 22.2 Å². The summed E-state index contributed by atoms with van der Waals surface area (Å²) in [5, 5.41) is 20.4. The van der Waals surface area contributed by atoms with E-state index in [1.54, 1.807) is 19.2 Å². The lowest BCUT2D eigenvalue weighted by Gasteiger charge is -2.28. The van der Waals surface area contributed by atoms with Gasteiger partial charge in [-0.25, -0.2) is 0 Å². The Kier molecular flexibility index (Phi) is 4.33. The van der Waals surface area contributed by atoms with Crippen LogP contribution in [0.1, 0.15) is 16.8 Å². The second kappa shape index (κ2) is 6.79. The van der Waals surface area contributed by atoms with Gasteiger partial charge < -0.3 is 14.8 Å². The summed E-state index contributed by atoms with van der Waals surface area (Å²) in [6.07, 6.45) is 0.874. The summed E-state index contributed by atoms with van der Waals surface area (Å²) in [5.41, 5.74) is 5.02. The quantitative estimate of drug-likeness (QED) is 0.757. The molecule has 132 valence electrons. The number of aromatic nitrogens is 2. The smallest absolute Gasteiger partial charge is 0.199 e. The van der Waals surface area contributed by atoms with Crippen LogP contribution in [-0.4, -0.2) is 46.8 Å². The highest BCUT2D eigenvalue weighted by atomic mass is 16.5. The maximum Gasteiger partial charge on any atom is 0.199 e. The number of aromatic hydroxyl groups is 1. The molecule has 6 heteroatoms. The number of hydrogen-bond acceptors (Lipinski definition) is 5. The fourth-order valence-electron chi connectivity index (χ4n) is 3.53. The number of pyridine rings is 1. The van der Waals surface area contributed by atoms with Gasteiger partial charge >= 0.3 is 0 Å². The fourth-order valence-corrected chi connectivity index (χ4v) is 3.53. The molecule has 1 aliphatic heterocycles. The van der Waals surface area contributed by atoms with Crippen LogP contribution in [0.15, 0.2) is 30.3 Å². The van der Waals surface area contributed by atoms with Crippen molar-refractivity contribution in [2.24, 2.45) is 0 Å². The molecule has 1 aliphatic rings. The van der Waals surface area contributed by atoms with Crippen LogP contribution in [-0.2, 0) is 17.7 Å². The molecule has 0 radical (unpaired) electrons. The van der Waals surface area contributed by atoms with Crippen molar-refractivity contribution in [3.63, 3.8) is 0 Å². The highest BCUT2D eigenvalue weighted by Gasteiger charge is 2.20. The first kappa shape index (κ1) is 16.6. The van der Waals surface area contributed by atoms with E-state index in [2.05, 4.69) is 22.0 Å². The van der Waals surface area contributed by atoms with Crippen LogP contribution in [0.3, 0.4) is 0 Å². The van der Waals surface area contributed by atoms with E-state index >= 15 is 0 Å². The predicted octanol–water partition coefficient (Wildman–Crippen LogP) is 2.81. The lowest BCUT2D eigenvalue weighted by atomic mass is 10.0. The number of nitriles is 1. The minimum atomic E-state index is 0.0834. The Morgan fingerprint density at radius 2 is 2.23 bits per heavy atom. The van der Waals surface area contributed by atoms with Gasteiger partial charge in [-0.2, -0.15) is 5.26 Å². The molecule has 0 fully saturated rings. The molecule has 2 N–H and O–H groups in total. The van der Waals surface area contributed by atoms with Crippen LogP contribution in [0.4, 0.5) is 0 Å². The first-order valence-electron chi connectivity index (χ1n) is 8.65. The van der Waals surface area contributed by atoms with E-state index in [4.69, 9.17) is 15.0 Å². The lowest BCUT2D eigenvalue weighted by Crippen LogP contribution is -2.33. The Morgan fingerprint density at radius 3 is 3.04 bits per heavy atom. The summed E-state index contributed by atoms with van der Waals surface area (Å²) >= 11 is 0. The monoisotopic (exact) mass is 348 g/mol. The first-order valence-corrected chi connectivity index (χ1v) is 8.65. The number of hydrogen-bond donors (Lipinski definition) is 2. The Bertz CT molecular complexity index is 1000. The number of benzene rings is 1. The zero-order valence-electron chi connectivity index (χ0n) is 14.6. The molecule has 4 rings (SSSR count). The lowest BCUT2D eigenvalue weighted by molar-refractivity contribution is 0.140. The summed E-state index contributed by atoms with van der Waals surface area (Å²) in [4.78, 5) is 10.1. The summed E-state index contributed by atoms with van der Waals surface area (Å²) in [5.74, 6) is 0.0834. The second-order valence-electron chi connectivity index (χ2n) is 6.54. The molecule has 0 saturated carbocycles. The number of aromatic amines is 1. The van der Waals surface area contributed by atoms with E-state index in [0.717, 1.165) is 55.0 Å². The number of nitrogens with one attached hydrogen (secondary N) is 1. The Balaban J connectivity index is 1.71. The molecule has 0 spiro atoms. The van der Waals surface area contributed by atoms with Crippen molar-refractivity contribution in [3.05, 3.63) is 47.2 Å². The summed E-state index contributed by atoms with van der Waals surface area (Å²) in [7, 11) is 1.72. The van der Waals surface area contributed by atoms with Gasteiger partial charge in [-0.1, -0.05) is 6.07 Å². The summed E-state index contributed by atoms with van der Waals surface area (Å²) in [6.45, 7) is 3.46. The zero-order valence-corrected chi connectivity index (χ0v) is 14.6. The number of methoxy groups -OCH3 is 1. The Labute approximate surface area is 151 Å². The van der Waals surface area contributed by atoms with E-state index < -0.39 is 0 Å². The number of H-pyrrole nitrogens is 1. The third-order valence-corrected chi connectivity index (χ3v) is 4.90. The van der Waals surface area contributed by atoms with Gasteiger partial charge in [0, 0.05) is 49.8 Å². The minimum absolute atomic E-state index is 0.0834. The van der Waals surface area contributed by atoms with E-state index in [-0.39, 0.29) is 5.88 Å². The van der Waals surface area contributed by atoms with Gasteiger partial charge in [0.15, 0.2) is 5.88 Å². The molecule has 0 amide bonds. The molecular formula is C20H20N4O2. The SMILES string of the molecule is COCCN1CCc2nc(-c3c(O)[nH]c4ccc(C#N)cc34)ccc2C1. The summed E-state index contributed by atoms with van der Waals surface area (Å²) in [6, 6.07) is 11.5. The summed E-state index contributed by atoms with van der Waals surface area (Å²) < 4.78 is 5.16. The highest BCUT2D eigenvalue weighted by molar-refractivity contribution is 5.98. The van der Waals surface area contributed by atoms with Crippen molar-refractivity contribution in [2.75, 3.05) is 26.8 Å². The van der Waals surface area contributed by atoms with Crippen molar-refractivity contribution >= 4 is 10.9 Å². The molecule has 0 aliphatic carbocycles. The van der Waals surface area contributed by atoms with E-state index in [0.29, 0.717) is 11.1 Å². The van der Waals surface area contributed by atoms with Crippen LogP contribution in [0, 0.1) is 11.3 Å². The fraction of sp³-hybridized carbons (Fsp3) is 0.300. The standard InChI is InChI=1S/C20H20N4O2/c1-26-9-8-24-7-6-16-14(12-24)3-5-18(22-16)19-15-10-13(11-21)2-4-17(15)23-20(19)25/h2-5,10,23,25H,6-9,12H2,1H3. The van der Waals surface area contributed by atoms with Gasteiger partial charge in [0.25, 0.3) is 0 Å². The average molecular weight is 348 g/mol. The molecule has 0 bridgehead atoms. The maximum atomic E-state index is 10.4. The van der Waals surface area contributed by atoms with E-state index in [1.165, 1.54) is 5.56 Å². The van der Waals surface area contributed by atoms with Gasteiger partial charge in [0.1, 0.15) is 0 Å². The van der Waals surface area contributed by atoms with Gasteiger partial charge in [-0.15, -0.1) is 0 Å². The van der Waals surface area contributed by atoms with Gasteiger partial charge in [-0.3, -0.25) is 9.88 Å². The van der Waals surface area contributed by atoms with Crippen molar-refractivity contribution in [2.45, 2.75) is 13.0 Å². The Morgan fingerprint density at radius 1 is 1.35 bits per heavy atom. The number of ether oxygens (including phenoxy) is 1. The molecule has 3 aromatic rings. The molecule has 0 saturated heterocycles. The molecule has 1 aromatic carbocycles. The average Bonchev–Trinajstić information content (AvgIpc) is 3.00. The number of nitrogens with zero attached hydrogens (tertiary/aromatic N) is 3. The van der Waals surface area contributed by atoms with Crippen molar-refractivity contribution in [3.8, 4) is 23.2 Å². The topological polar surface area (TPSA) is 85.2 Å². The Hall–Kier alpha value is -2.88. The number of rotatable bonds is 4. The van der Waals surface area contributed by atoms with Gasteiger partial charge in [-0.05, 0) is 29.8 Å². The van der Waals surface area contributed by atoms with Gasteiger partial charge in [0.2, 0.25) is 0 Å². The van der Waals surface area contributed by atoms with E-state index in [9.17, 15) is 5.11 Å². The molecular weight excluding hydrogens is 328 g/mol. The van der Waals surface area contributed by atoms with Crippen molar-refractivity contribution in [1.82, 2.24) is 14.9 Å². The van der Waals surface area contributed by atoms with Crippen molar-refractivity contribution in [1.29, 1.82) is 5.26 Å². The first-order chi connectivity index (χ1) is 12.7. The third-order valence-electron chi connectivity index (χ3n) is 4.90. The minimum Gasteiger partial charge on any atom is -0.494 e. The molecule has 2 aromatic heterocycles. The molecule has 0 unspecified atom stereocenters. The third kappa shape index (κ3) is 2.92. The van der Waals surface area contributed by atoms with Crippen LogP contribution >= 0.6 is 0 Å². The zero-order chi connectivity index (χ0) is 18.1. The predicted molar refractivity (Wildman–Crippen MR) is 98.8 cm³/mol. The largest absolute Gasteiger partial charge is 0.494 e. The molecule has 0 atom stereocenters. The maximum absolute atomic E-state index is 10.4. The second-order valence-corrected chi connectivity index (χ2v) is 6.54. The molecule has 6 nitrogen and oxygen atoms in total.